The quantitative estimate of drug-likeness (QED) is 0.561. The molecule has 0 aromatic carbocycles. The second-order valence-corrected chi connectivity index (χ2v) is 3.49. The predicted molar refractivity (Wildman–Crippen MR) is 45.6 cm³/mol. The Balaban J connectivity index is 3.22. The molecule has 1 unspecified atom stereocenters. The van der Waals surface area contributed by atoms with Gasteiger partial charge in [-0.3, -0.25) is 4.31 Å². The summed E-state index contributed by atoms with van der Waals surface area (Å²) in [4.78, 5) is 0. The van der Waals surface area contributed by atoms with Crippen molar-refractivity contribution >= 4 is 11.9 Å². The third-order valence-corrected chi connectivity index (χ3v) is 2.35. The highest BCUT2D eigenvalue weighted by atomic mass is 32.2. The lowest BCUT2D eigenvalue weighted by Crippen LogP contribution is -2.16. The number of rotatable bonds is 4. The minimum absolute atomic E-state index is 0.836. The Labute approximate surface area is 62.9 Å². The molecule has 0 heterocycles. The van der Waals surface area contributed by atoms with Crippen LogP contribution in [-0.4, -0.2) is 24.2 Å². The molecule has 0 aliphatic carbocycles. The lowest BCUT2D eigenvalue weighted by atomic mass is 10.1. The predicted octanol–water partition coefficient (Wildman–Crippen LogP) is 2.24. The van der Waals surface area contributed by atoms with E-state index in [1.165, 1.54) is 13.0 Å². The lowest BCUT2D eigenvalue weighted by molar-refractivity contribution is 0.430. The SMILES string of the molecule is CCC(C)CN(C)SC. The summed E-state index contributed by atoms with van der Waals surface area (Å²) >= 11 is 1.80. The normalized spacial score (nSPS) is 14.3. The lowest BCUT2D eigenvalue weighted by Gasteiger charge is -2.16. The first-order valence-corrected chi connectivity index (χ1v) is 4.64. The largest absolute Gasteiger partial charge is 0.254 e. The minimum Gasteiger partial charge on any atom is -0.254 e. The van der Waals surface area contributed by atoms with Crippen molar-refractivity contribution in [2.75, 3.05) is 19.8 Å². The highest BCUT2D eigenvalue weighted by molar-refractivity contribution is 7.96. The van der Waals surface area contributed by atoms with Crippen LogP contribution in [0.1, 0.15) is 20.3 Å². The minimum atomic E-state index is 0.836. The standard InChI is InChI=1S/C7H17NS/c1-5-7(2)6-8(3)9-4/h7H,5-6H2,1-4H3. The molecule has 0 aliphatic rings. The fourth-order valence-corrected chi connectivity index (χ4v) is 1.05. The summed E-state index contributed by atoms with van der Waals surface area (Å²) in [6.07, 6.45) is 3.40. The zero-order valence-electron chi connectivity index (χ0n) is 6.85. The van der Waals surface area contributed by atoms with E-state index in [0.29, 0.717) is 0 Å². The van der Waals surface area contributed by atoms with E-state index in [1.54, 1.807) is 11.9 Å². The molecule has 0 rings (SSSR count). The average molecular weight is 147 g/mol. The number of hydrogen-bond donors (Lipinski definition) is 0. The third-order valence-electron chi connectivity index (χ3n) is 1.58. The molecule has 0 bridgehead atoms. The second kappa shape index (κ2) is 5.12. The first-order valence-electron chi connectivity index (χ1n) is 3.46. The zero-order valence-corrected chi connectivity index (χ0v) is 7.66. The molecule has 0 aliphatic heterocycles. The van der Waals surface area contributed by atoms with Gasteiger partial charge in [-0.05, 0) is 19.2 Å². The topological polar surface area (TPSA) is 3.24 Å². The van der Waals surface area contributed by atoms with Crippen LogP contribution in [0.15, 0.2) is 0 Å². The summed E-state index contributed by atoms with van der Waals surface area (Å²) in [5.41, 5.74) is 0. The monoisotopic (exact) mass is 147 g/mol. The fraction of sp³-hybridized carbons (Fsp3) is 1.00. The molecule has 2 heteroatoms. The van der Waals surface area contributed by atoms with Crippen molar-refractivity contribution < 1.29 is 0 Å². The molecular formula is C7H17NS. The van der Waals surface area contributed by atoms with Crippen molar-refractivity contribution in [2.45, 2.75) is 20.3 Å². The average Bonchev–Trinajstić information content (AvgIpc) is 1.87. The third kappa shape index (κ3) is 4.79. The van der Waals surface area contributed by atoms with Gasteiger partial charge in [0.05, 0.1) is 0 Å². The summed E-state index contributed by atoms with van der Waals surface area (Å²) in [5.74, 6) is 0.836. The van der Waals surface area contributed by atoms with Gasteiger partial charge in [-0.1, -0.05) is 32.2 Å². The van der Waals surface area contributed by atoms with Crippen LogP contribution < -0.4 is 0 Å². The Morgan fingerprint density at radius 3 is 2.44 bits per heavy atom. The molecule has 0 saturated carbocycles. The summed E-state index contributed by atoms with van der Waals surface area (Å²) in [6, 6.07) is 0. The summed E-state index contributed by atoms with van der Waals surface area (Å²) in [5, 5.41) is 0. The maximum Gasteiger partial charge on any atom is 0.0112 e. The smallest absolute Gasteiger partial charge is 0.0112 e. The Kier molecular flexibility index (Phi) is 5.30. The molecule has 9 heavy (non-hydrogen) atoms. The van der Waals surface area contributed by atoms with E-state index >= 15 is 0 Å². The Morgan fingerprint density at radius 2 is 2.11 bits per heavy atom. The van der Waals surface area contributed by atoms with Crippen molar-refractivity contribution in [2.24, 2.45) is 5.92 Å². The Morgan fingerprint density at radius 1 is 1.56 bits per heavy atom. The van der Waals surface area contributed by atoms with E-state index in [4.69, 9.17) is 0 Å². The van der Waals surface area contributed by atoms with Gasteiger partial charge in [0, 0.05) is 6.54 Å². The van der Waals surface area contributed by atoms with Gasteiger partial charge in [0.1, 0.15) is 0 Å². The van der Waals surface area contributed by atoms with Gasteiger partial charge in [-0.2, -0.15) is 0 Å². The van der Waals surface area contributed by atoms with Gasteiger partial charge in [0.25, 0.3) is 0 Å². The van der Waals surface area contributed by atoms with Gasteiger partial charge < -0.3 is 0 Å². The van der Waals surface area contributed by atoms with Crippen LogP contribution in [0.5, 0.6) is 0 Å². The molecule has 56 valence electrons. The van der Waals surface area contributed by atoms with Crippen molar-refractivity contribution in [1.82, 2.24) is 4.31 Å². The molecule has 1 atom stereocenters. The van der Waals surface area contributed by atoms with Gasteiger partial charge in [-0.25, -0.2) is 0 Å². The van der Waals surface area contributed by atoms with E-state index in [2.05, 4.69) is 31.5 Å². The number of hydrogen-bond acceptors (Lipinski definition) is 2. The van der Waals surface area contributed by atoms with Crippen LogP contribution in [0.4, 0.5) is 0 Å². The molecule has 0 saturated heterocycles. The summed E-state index contributed by atoms with van der Waals surface area (Å²) in [7, 11) is 2.14. The molecule has 0 aromatic rings. The van der Waals surface area contributed by atoms with Crippen LogP contribution in [-0.2, 0) is 0 Å². The van der Waals surface area contributed by atoms with E-state index in [0.717, 1.165) is 5.92 Å². The highest BCUT2D eigenvalue weighted by Crippen LogP contribution is 2.07. The Hall–Kier alpha value is 0.310. The van der Waals surface area contributed by atoms with Crippen molar-refractivity contribution in [3.63, 3.8) is 0 Å². The maximum atomic E-state index is 2.28. The van der Waals surface area contributed by atoms with Crippen molar-refractivity contribution in [3.05, 3.63) is 0 Å². The second-order valence-electron chi connectivity index (χ2n) is 2.51. The van der Waals surface area contributed by atoms with Crippen LogP contribution in [0, 0.1) is 5.92 Å². The molecule has 0 amide bonds. The van der Waals surface area contributed by atoms with E-state index in [9.17, 15) is 0 Å². The van der Waals surface area contributed by atoms with Crippen LogP contribution in [0.3, 0.4) is 0 Å². The van der Waals surface area contributed by atoms with Crippen molar-refractivity contribution in [3.8, 4) is 0 Å². The molecule has 1 nitrogen and oxygen atoms in total. The number of nitrogens with zero attached hydrogens (tertiary/aromatic N) is 1. The maximum absolute atomic E-state index is 2.28. The van der Waals surface area contributed by atoms with Gasteiger partial charge in [0.15, 0.2) is 0 Å². The zero-order chi connectivity index (χ0) is 7.28. The molecule has 0 N–H and O–H groups in total. The van der Waals surface area contributed by atoms with E-state index < -0.39 is 0 Å². The molecule has 0 radical (unpaired) electrons. The first kappa shape index (κ1) is 9.31. The molecule has 0 spiro atoms. The molecular weight excluding hydrogens is 130 g/mol. The van der Waals surface area contributed by atoms with Crippen molar-refractivity contribution in [1.29, 1.82) is 0 Å². The van der Waals surface area contributed by atoms with Crippen LogP contribution >= 0.6 is 11.9 Å². The van der Waals surface area contributed by atoms with Gasteiger partial charge in [0.2, 0.25) is 0 Å². The van der Waals surface area contributed by atoms with E-state index in [-0.39, 0.29) is 0 Å². The Bertz CT molecular complexity index is 57.9. The highest BCUT2D eigenvalue weighted by Gasteiger charge is 2.01. The van der Waals surface area contributed by atoms with Crippen LogP contribution in [0.25, 0.3) is 0 Å². The summed E-state index contributed by atoms with van der Waals surface area (Å²) < 4.78 is 2.27. The van der Waals surface area contributed by atoms with Crippen LogP contribution in [0.2, 0.25) is 0 Å². The molecule has 0 fully saturated rings. The first-order chi connectivity index (χ1) is 4.20. The summed E-state index contributed by atoms with van der Waals surface area (Å²) in [6.45, 7) is 5.73. The van der Waals surface area contributed by atoms with Gasteiger partial charge in [-0.15, -0.1) is 0 Å². The van der Waals surface area contributed by atoms with Gasteiger partial charge >= 0.3 is 0 Å². The fourth-order valence-electron chi connectivity index (χ4n) is 0.643. The van der Waals surface area contributed by atoms with E-state index in [1.807, 2.05) is 0 Å². The molecule has 0 aromatic heterocycles.